The zero-order chi connectivity index (χ0) is 11.5. The van der Waals surface area contributed by atoms with Crippen molar-refractivity contribution in [3.05, 3.63) is 22.6 Å². The summed E-state index contributed by atoms with van der Waals surface area (Å²) < 4.78 is 6.45. The van der Waals surface area contributed by atoms with Gasteiger partial charge in [0.25, 0.3) is 5.56 Å². The molecule has 0 saturated heterocycles. The fourth-order valence-electron chi connectivity index (χ4n) is 1.65. The topological polar surface area (TPSA) is 61.2 Å². The first-order valence-corrected chi connectivity index (χ1v) is 6.07. The van der Waals surface area contributed by atoms with Gasteiger partial charge in [-0.25, -0.2) is 4.98 Å². The van der Waals surface area contributed by atoms with Crippen LogP contribution in [0.15, 0.2) is 22.2 Å². The second-order valence-electron chi connectivity index (χ2n) is 3.41. The predicted molar refractivity (Wildman–Crippen MR) is 59.5 cm³/mol. The lowest BCUT2D eigenvalue weighted by Gasteiger charge is -2.11. The van der Waals surface area contributed by atoms with E-state index < -0.39 is 0 Å². The zero-order valence-corrected chi connectivity index (χ0v) is 9.70. The van der Waals surface area contributed by atoms with Crippen molar-refractivity contribution in [3.63, 3.8) is 0 Å². The smallest absolute Gasteiger partial charge is 0.307 e. The fourth-order valence-corrected chi connectivity index (χ4v) is 2.77. The van der Waals surface area contributed by atoms with E-state index in [2.05, 4.69) is 4.98 Å². The number of hydrogen-bond donors (Lipinski definition) is 0. The maximum atomic E-state index is 11.6. The van der Waals surface area contributed by atoms with Gasteiger partial charge >= 0.3 is 5.97 Å². The summed E-state index contributed by atoms with van der Waals surface area (Å²) in [5.41, 5.74) is -0.107. The summed E-state index contributed by atoms with van der Waals surface area (Å²) in [5, 5.41) is 0.682. The summed E-state index contributed by atoms with van der Waals surface area (Å²) in [6.45, 7) is 2.14. The van der Waals surface area contributed by atoms with Crippen LogP contribution >= 0.6 is 11.8 Å². The van der Waals surface area contributed by atoms with Crippen molar-refractivity contribution in [3.8, 4) is 0 Å². The molecule has 0 radical (unpaired) electrons. The Hall–Kier alpha value is -1.30. The van der Waals surface area contributed by atoms with Crippen LogP contribution in [0.3, 0.4) is 0 Å². The molecule has 2 heterocycles. The highest BCUT2D eigenvalue weighted by Crippen LogP contribution is 2.31. The molecule has 5 nitrogen and oxygen atoms in total. The SMILES string of the molecule is CCOC(=O)CC1CSc2nccc(=O)n21. The maximum Gasteiger partial charge on any atom is 0.307 e. The molecule has 0 aromatic carbocycles. The van der Waals surface area contributed by atoms with Crippen molar-refractivity contribution in [1.82, 2.24) is 9.55 Å². The van der Waals surface area contributed by atoms with Gasteiger partial charge < -0.3 is 4.74 Å². The molecule has 86 valence electrons. The van der Waals surface area contributed by atoms with E-state index >= 15 is 0 Å². The number of ether oxygens (including phenoxy) is 1. The average Bonchev–Trinajstić information content (AvgIpc) is 2.63. The van der Waals surface area contributed by atoms with Crippen molar-refractivity contribution in [2.24, 2.45) is 0 Å². The largest absolute Gasteiger partial charge is 0.466 e. The second kappa shape index (κ2) is 4.69. The van der Waals surface area contributed by atoms with Crippen molar-refractivity contribution in [2.75, 3.05) is 12.4 Å². The maximum absolute atomic E-state index is 11.6. The molecule has 0 spiro atoms. The molecule has 1 aliphatic rings. The number of aromatic nitrogens is 2. The molecule has 2 rings (SSSR count). The lowest BCUT2D eigenvalue weighted by atomic mass is 10.2. The Kier molecular flexibility index (Phi) is 3.28. The summed E-state index contributed by atoms with van der Waals surface area (Å²) >= 11 is 1.49. The monoisotopic (exact) mass is 240 g/mol. The highest BCUT2D eigenvalue weighted by atomic mass is 32.2. The van der Waals surface area contributed by atoms with Gasteiger partial charge in [0.2, 0.25) is 0 Å². The number of carbonyl (C=O) groups is 1. The molecule has 6 heteroatoms. The predicted octanol–water partition coefficient (Wildman–Crippen LogP) is 0.843. The number of nitrogens with zero attached hydrogens (tertiary/aromatic N) is 2. The summed E-state index contributed by atoms with van der Waals surface area (Å²) in [6, 6.07) is 1.29. The van der Waals surface area contributed by atoms with E-state index in [0.29, 0.717) is 17.5 Å². The van der Waals surface area contributed by atoms with Crippen LogP contribution in [-0.4, -0.2) is 27.9 Å². The van der Waals surface area contributed by atoms with Gasteiger partial charge in [-0.3, -0.25) is 14.2 Å². The number of thioether (sulfide) groups is 1. The first-order valence-electron chi connectivity index (χ1n) is 5.08. The Morgan fingerprint density at radius 1 is 1.75 bits per heavy atom. The summed E-state index contributed by atoms with van der Waals surface area (Å²) in [5.74, 6) is 0.433. The first-order chi connectivity index (χ1) is 7.72. The van der Waals surface area contributed by atoms with Crippen LogP contribution in [0.5, 0.6) is 0 Å². The Labute approximate surface area is 96.8 Å². The zero-order valence-electron chi connectivity index (χ0n) is 8.88. The minimum atomic E-state index is -0.267. The Balaban J connectivity index is 2.17. The molecule has 0 N–H and O–H groups in total. The Morgan fingerprint density at radius 3 is 3.31 bits per heavy atom. The molecule has 0 fully saturated rings. The number of rotatable bonds is 3. The van der Waals surface area contributed by atoms with Crippen LogP contribution in [-0.2, 0) is 9.53 Å². The molecule has 1 aromatic heterocycles. The standard InChI is InChI=1S/C10H12N2O3S/c1-2-15-9(14)5-7-6-16-10-11-4-3-8(13)12(7)10/h3-4,7H,2,5-6H2,1H3. The second-order valence-corrected chi connectivity index (χ2v) is 4.40. The van der Waals surface area contributed by atoms with Gasteiger partial charge in [0.15, 0.2) is 5.16 Å². The lowest BCUT2D eigenvalue weighted by Crippen LogP contribution is -2.25. The van der Waals surface area contributed by atoms with Crippen LogP contribution in [0.2, 0.25) is 0 Å². The van der Waals surface area contributed by atoms with E-state index in [0.717, 1.165) is 0 Å². The van der Waals surface area contributed by atoms with Crippen LogP contribution in [0.1, 0.15) is 19.4 Å². The normalized spacial score (nSPS) is 18.2. The first kappa shape index (κ1) is 11.2. The van der Waals surface area contributed by atoms with E-state index in [1.165, 1.54) is 24.0 Å². The summed E-state index contributed by atoms with van der Waals surface area (Å²) in [7, 11) is 0. The minimum absolute atomic E-state index is 0.107. The van der Waals surface area contributed by atoms with Crippen molar-refractivity contribution >= 4 is 17.7 Å². The third-order valence-corrected chi connectivity index (χ3v) is 3.43. The molecular weight excluding hydrogens is 228 g/mol. The van der Waals surface area contributed by atoms with Gasteiger partial charge in [0, 0.05) is 18.0 Å². The average molecular weight is 240 g/mol. The minimum Gasteiger partial charge on any atom is -0.466 e. The molecule has 0 amide bonds. The Morgan fingerprint density at radius 2 is 2.56 bits per heavy atom. The number of hydrogen-bond acceptors (Lipinski definition) is 5. The highest BCUT2D eigenvalue weighted by molar-refractivity contribution is 7.99. The van der Waals surface area contributed by atoms with Crippen LogP contribution in [0, 0.1) is 0 Å². The fraction of sp³-hybridized carbons (Fsp3) is 0.500. The molecule has 1 aromatic rings. The van der Waals surface area contributed by atoms with Gasteiger partial charge in [0.05, 0.1) is 19.1 Å². The molecule has 16 heavy (non-hydrogen) atoms. The molecule has 1 atom stereocenters. The van der Waals surface area contributed by atoms with E-state index in [4.69, 9.17) is 4.74 Å². The van der Waals surface area contributed by atoms with E-state index in [1.54, 1.807) is 11.5 Å². The third kappa shape index (κ3) is 2.11. The number of fused-ring (bicyclic) bond motifs is 1. The van der Waals surface area contributed by atoms with Gasteiger partial charge in [-0.05, 0) is 6.92 Å². The molecular formula is C10H12N2O3S. The van der Waals surface area contributed by atoms with Gasteiger partial charge in [-0.1, -0.05) is 11.8 Å². The van der Waals surface area contributed by atoms with Crippen LogP contribution in [0.25, 0.3) is 0 Å². The Bertz CT molecular complexity index is 458. The summed E-state index contributed by atoms with van der Waals surface area (Å²) in [4.78, 5) is 27.1. The molecule has 1 aliphatic heterocycles. The van der Waals surface area contributed by atoms with Crippen molar-refractivity contribution in [1.29, 1.82) is 0 Å². The van der Waals surface area contributed by atoms with Crippen LogP contribution in [0.4, 0.5) is 0 Å². The molecule has 0 aliphatic carbocycles. The van der Waals surface area contributed by atoms with Gasteiger partial charge in [0.1, 0.15) is 0 Å². The van der Waals surface area contributed by atoms with Crippen LogP contribution < -0.4 is 5.56 Å². The van der Waals surface area contributed by atoms with E-state index in [9.17, 15) is 9.59 Å². The van der Waals surface area contributed by atoms with Gasteiger partial charge in [-0.15, -0.1) is 0 Å². The van der Waals surface area contributed by atoms with Gasteiger partial charge in [-0.2, -0.15) is 0 Å². The third-order valence-electron chi connectivity index (χ3n) is 2.32. The molecule has 0 saturated carbocycles. The van der Waals surface area contributed by atoms with Crippen molar-refractivity contribution < 1.29 is 9.53 Å². The van der Waals surface area contributed by atoms with E-state index in [-0.39, 0.29) is 24.0 Å². The quantitative estimate of drug-likeness (QED) is 0.579. The molecule has 0 bridgehead atoms. The van der Waals surface area contributed by atoms with E-state index in [1.807, 2.05) is 0 Å². The number of carbonyl (C=O) groups excluding carboxylic acids is 1. The highest BCUT2D eigenvalue weighted by Gasteiger charge is 2.27. The molecule has 1 unspecified atom stereocenters. The van der Waals surface area contributed by atoms with Crippen molar-refractivity contribution in [2.45, 2.75) is 24.5 Å². The lowest BCUT2D eigenvalue weighted by molar-refractivity contribution is -0.143. The number of esters is 1. The summed E-state index contributed by atoms with van der Waals surface area (Å²) in [6.07, 6.45) is 1.73.